The van der Waals surface area contributed by atoms with Gasteiger partial charge in [0.05, 0.1) is 18.5 Å². The van der Waals surface area contributed by atoms with Crippen LogP contribution in [0.1, 0.15) is 30.2 Å². The number of nitrogens with zero attached hydrogens (tertiary/aromatic N) is 2. The van der Waals surface area contributed by atoms with E-state index in [1.54, 1.807) is 16.9 Å². The molecule has 96 valence electrons. The highest BCUT2D eigenvalue weighted by Gasteiger charge is 2.12. The average molecular weight is 248 g/mol. The van der Waals surface area contributed by atoms with E-state index in [-0.39, 0.29) is 12.4 Å². The van der Waals surface area contributed by atoms with Crippen molar-refractivity contribution in [2.45, 2.75) is 33.3 Å². The van der Waals surface area contributed by atoms with Gasteiger partial charge in [-0.1, -0.05) is 13.3 Å². The van der Waals surface area contributed by atoms with Crippen molar-refractivity contribution in [3.63, 3.8) is 0 Å². The maximum absolute atomic E-state index is 13.1. The lowest BCUT2D eigenvalue weighted by Crippen LogP contribution is -2.05. The van der Waals surface area contributed by atoms with Gasteiger partial charge in [-0.05, 0) is 37.1 Å². The molecule has 0 unspecified atom stereocenters. The van der Waals surface area contributed by atoms with Gasteiger partial charge in [0.2, 0.25) is 0 Å². The van der Waals surface area contributed by atoms with Crippen LogP contribution >= 0.6 is 0 Å². The van der Waals surface area contributed by atoms with Gasteiger partial charge in [0.1, 0.15) is 5.82 Å². The summed E-state index contributed by atoms with van der Waals surface area (Å²) < 4.78 is 14.9. The number of halogens is 1. The van der Waals surface area contributed by atoms with Gasteiger partial charge >= 0.3 is 0 Å². The monoisotopic (exact) mass is 248 g/mol. The van der Waals surface area contributed by atoms with E-state index in [0.29, 0.717) is 0 Å². The van der Waals surface area contributed by atoms with Crippen molar-refractivity contribution in [3.8, 4) is 5.69 Å². The van der Waals surface area contributed by atoms with Crippen molar-refractivity contribution in [2.75, 3.05) is 0 Å². The fourth-order valence-corrected chi connectivity index (χ4v) is 2.11. The molecule has 0 fully saturated rings. The van der Waals surface area contributed by atoms with Crippen LogP contribution in [0, 0.1) is 12.7 Å². The second kappa shape index (κ2) is 5.31. The minimum atomic E-state index is -0.247. The largest absolute Gasteiger partial charge is 0.392 e. The third kappa shape index (κ3) is 2.29. The highest BCUT2D eigenvalue weighted by molar-refractivity contribution is 5.42. The summed E-state index contributed by atoms with van der Waals surface area (Å²) in [6.45, 7) is 3.92. The van der Waals surface area contributed by atoms with Gasteiger partial charge in [0, 0.05) is 11.3 Å². The number of rotatable bonds is 4. The molecule has 1 aromatic heterocycles. The van der Waals surface area contributed by atoms with E-state index in [0.717, 1.165) is 35.3 Å². The molecule has 4 heteroatoms. The Morgan fingerprint density at radius 2 is 2.17 bits per heavy atom. The number of aryl methyl sites for hydroxylation is 1. The second-order valence-electron chi connectivity index (χ2n) is 4.37. The fourth-order valence-electron chi connectivity index (χ4n) is 2.11. The normalized spacial score (nSPS) is 10.9. The van der Waals surface area contributed by atoms with E-state index in [9.17, 15) is 9.50 Å². The van der Waals surface area contributed by atoms with Crippen LogP contribution in [0.5, 0.6) is 0 Å². The summed E-state index contributed by atoms with van der Waals surface area (Å²) in [6, 6.07) is 4.64. The maximum Gasteiger partial charge on any atom is 0.123 e. The first kappa shape index (κ1) is 12.8. The average Bonchev–Trinajstić information content (AvgIpc) is 2.73. The summed E-state index contributed by atoms with van der Waals surface area (Å²) in [5, 5.41) is 13.6. The first-order chi connectivity index (χ1) is 8.67. The van der Waals surface area contributed by atoms with E-state index in [2.05, 4.69) is 12.0 Å². The van der Waals surface area contributed by atoms with Gasteiger partial charge < -0.3 is 5.11 Å². The highest BCUT2D eigenvalue weighted by atomic mass is 19.1. The Morgan fingerprint density at radius 3 is 2.78 bits per heavy atom. The molecule has 0 aliphatic carbocycles. The van der Waals surface area contributed by atoms with Crippen LogP contribution in [0.15, 0.2) is 24.4 Å². The van der Waals surface area contributed by atoms with E-state index in [1.165, 1.54) is 12.1 Å². The number of hydrogen-bond acceptors (Lipinski definition) is 2. The summed E-state index contributed by atoms with van der Waals surface area (Å²) in [7, 11) is 0. The Kier molecular flexibility index (Phi) is 3.77. The summed E-state index contributed by atoms with van der Waals surface area (Å²) >= 11 is 0. The molecule has 1 heterocycles. The molecular weight excluding hydrogens is 231 g/mol. The van der Waals surface area contributed by atoms with Crippen molar-refractivity contribution >= 4 is 0 Å². The van der Waals surface area contributed by atoms with Gasteiger partial charge in [-0.15, -0.1) is 0 Å². The standard InChI is InChI=1S/C14H17FN2O/c1-3-4-14-11(9-18)8-16-17(14)13-6-5-12(15)7-10(13)2/h5-8,18H,3-4,9H2,1-2H3. The van der Waals surface area contributed by atoms with Crippen LogP contribution in [0.3, 0.4) is 0 Å². The predicted octanol–water partition coefficient (Wildman–Crippen LogP) is 2.76. The van der Waals surface area contributed by atoms with E-state index in [1.807, 2.05) is 6.92 Å². The first-order valence-electron chi connectivity index (χ1n) is 6.10. The molecule has 1 aromatic carbocycles. The highest BCUT2D eigenvalue weighted by Crippen LogP contribution is 2.20. The molecule has 0 bridgehead atoms. The lowest BCUT2D eigenvalue weighted by atomic mass is 10.1. The topological polar surface area (TPSA) is 38.1 Å². The first-order valence-corrected chi connectivity index (χ1v) is 6.10. The van der Waals surface area contributed by atoms with Gasteiger partial charge in [0.15, 0.2) is 0 Å². The number of aromatic nitrogens is 2. The van der Waals surface area contributed by atoms with Gasteiger partial charge in [-0.3, -0.25) is 0 Å². The van der Waals surface area contributed by atoms with Crippen LogP contribution in [0.4, 0.5) is 4.39 Å². The summed E-state index contributed by atoms with van der Waals surface area (Å²) in [5.74, 6) is -0.247. The molecule has 3 nitrogen and oxygen atoms in total. The van der Waals surface area contributed by atoms with Crippen molar-refractivity contribution in [1.82, 2.24) is 9.78 Å². The smallest absolute Gasteiger partial charge is 0.123 e. The quantitative estimate of drug-likeness (QED) is 0.903. The molecule has 18 heavy (non-hydrogen) atoms. The van der Waals surface area contributed by atoms with Crippen LogP contribution in [-0.4, -0.2) is 14.9 Å². The Hall–Kier alpha value is -1.68. The zero-order valence-electron chi connectivity index (χ0n) is 10.7. The van der Waals surface area contributed by atoms with Gasteiger partial charge in [0.25, 0.3) is 0 Å². The second-order valence-corrected chi connectivity index (χ2v) is 4.37. The fraction of sp³-hybridized carbons (Fsp3) is 0.357. The third-order valence-electron chi connectivity index (χ3n) is 3.00. The molecule has 0 aliphatic heterocycles. The molecule has 0 amide bonds. The molecular formula is C14H17FN2O. The summed E-state index contributed by atoms with van der Waals surface area (Å²) in [5.41, 5.74) is 3.52. The minimum Gasteiger partial charge on any atom is -0.392 e. The zero-order valence-corrected chi connectivity index (χ0v) is 10.7. The molecule has 0 aliphatic rings. The number of benzene rings is 1. The van der Waals surface area contributed by atoms with Gasteiger partial charge in [-0.2, -0.15) is 5.10 Å². The Bertz CT molecular complexity index is 549. The lowest BCUT2D eigenvalue weighted by molar-refractivity contribution is 0.280. The third-order valence-corrected chi connectivity index (χ3v) is 3.00. The predicted molar refractivity (Wildman–Crippen MR) is 68.2 cm³/mol. The van der Waals surface area contributed by atoms with Crippen LogP contribution in [0.25, 0.3) is 5.69 Å². The molecule has 2 rings (SSSR count). The number of aliphatic hydroxyl groups is 1. The molecule has 2 aromatic rings. The molecule has 0 saturated heterocycles. The maximum atomic E-state index is 13.1. The van der Waals surface area contributed by atoms with Crippen LogP contribution in [-0.2, 0) is 13.0 Å². The number of hydrogen-bond donors (Lipinski definition) is 1. The van der Waals surface area contributed by atoms with E-state index in [4.69, 9.17) is 0 Å². The van der Waals surface area contributed by atoms with Crippen LogP contribution in [0.2, 0.25) is 0 Å². The van der Waals surface area contributed by atoms with E-state index < -0.39 is 0 Å². The van der Waals surface area contributed by atoms with E-state index >= 15 is 0 Å². The molecule has 0 radical (unpaired) electrons. The summed E-state index contributed by atoms with van der Waals surface area (Å²) in [6.07, 6.45) is 3.49. The molecule has 0 saturated carbocycles. The SMILES string of the molecule is CCCc1c(CO)cnn1-c1ccc(F)cc1C. The lowest BCUT2D eigenvalue weighted by Gasteiger charge is -2.11. The Balaban J connectivity index is 2.52. The van der Waals surface area contributed by atoms with Crippen molar-refractivity contribution in [3.05, 3.63) is 47.0 Å². The van der Waals surface area contributed by atoms with Gasteiger partial charge in [-0.25, -0.2) is 9.07 Å². The van der Waals surface area contributed by atoms with Crippen molar-refractivity contribution < 1.29 is 9.50 Å². The van der Waals surface area contributed by atoms with Crippen LogP contribution < -0.4 is 0 Å². The Morgan fingerprint density at radius 1 is 1.39 bits per heavy atom. The Labute approximate surface area is 106 Å². The zero-order chi connectivity index (χ0) is 13.1. The molecule has 0 spiro atoms. The number of aliphatic hydroxyl groups excluding tert-OH is 1. The minimum absolute atomic E-state index is 0.0183. The van der Waals surface area contributed by atoms with Crippen molar-refractivity contribution in [1.29, 1.82) is 0 Å². The molecule has 0 atom stereocenters. The van der Waals surface area contributed by atoms with Crippen molar-refractivity contribution in [2.24, 2.45) is 0 Å². The molecule has 1 N–H and O–H groups in total. The summed E-state index contributed by atoms with van der Waals surface area (Å²) in [4.78, 5) is 0.